The van der Waals surface area contributed by atoms with Gasteiger partial charge < -0.3 is 4.74 Å². The van der Waals surface area contributed by atoms with Gasteiger partial charge in [-0.25, -0.2) is 0 Å². The van der Waals surface area contributed by atoms with E-state index in [-0.39, 0.29) is 0 Å². The molecule has 0 saturated heterocycles. The van der Waals surface area contributed by atoms with Gasteiger partial charge in [0.1, 0.15) is 5.75 Å². The highest BCUT2D eigenvalue weighted by Gasteiger charge is 2.13. The molecule has 1 aromatic carbocycles. The van der Waals surface area contributed by atoms with Crippen molar-refractivity contribution < 1.29 is 4.74 Å². The van der Waals surface area contributed by atoms with E-state index in [9.17, 15) is 0 Å². The third kappa shape index (κ3) is 2.15. The zero-order valence-electron chi connectivity index (χ0n) is 6.96. The third-order valence-corrected chi connectivity index (χ3v) is 3.71. The van der Waals surface area contributed by atoms with Crippen LogP contribution in [-0.4, -0.2) is 7.11 Å². The van der Waals surface area contributed by atoms with Crippen molar-refractivity contribution in [3.8, 4) is 5.75 Å². The molecule has 0 aliphatic rings. The fourth-order valence-electron chi connectivity index (χ4n) is 0.857. The molecule has 0 saturated carbocycles. The Hall–Kier alpha value is -0.420. The van der Waals surface area contributed by atoms with E-state index in [1.807, 2.05) is 0 Å². The first-order valence-corrected chi connectivity index (χ1v) is 5.34. The molecule has 0 fully saturated rings. The smallest absolute Gasteiger partial charge is 0.130 e. The average molecular weight is 341 g/mol. The molecule has 1 aromatic rings. The van der Waals surface area contributed by atoms with Crippen molar-refractivity contribution in [3.63, 3.8) is 0 Å². The second-order valence-corrected chi connectivity index (χ2v) is 4.25. The lowest BCUT2D eigenvalue weighted by Crippen LogP contribution is -1.85. The van der Waals surface area contributed by atoms with Gasteiger partial charge in [0.05, 0.1) is 22.3 Å². The third-order valence-electron chi connectivity index (χ3n) is 1.47. The molecular formula is C7H4Br2ClN3O. The van der Waals surface area contributed by atoms with Crippen molar-refractivity contribution in [2.75, 3.05) is 7.11 Å². The van der Waals surface area contributed by atoms with Crippen LogP contribution in [0.4, 0.5) is 5.69 Å². The fourth-order valence-corrected chi connectivity index (χ4v) is 2.16. The first kappa shape index (κ1) is 11.7. The summed E-state index contributed by atoms with van der Waals surface area (Å²) < 4.78 is 6.20. The molecule has 0 amide bonds. The van der Waals surface area contributed by atoms with Gasteiger partial charge in [-0.3, -0.25) is 0 Å². The van der Waals surface area contributed by atoms with Crippen LogP contribution in [0.15, 0.2) is 20.1 Å². The number of rotatable bonds is 2. The zero-order valence-corrected chi connectivity index (χ0v) is 10.9. The van der Waals surface area contributed by atoms with E-state index in [1.165, 1.54) is 7.11 Å². The number of hydrogen-bond donors (Lipinski definition) is 0. The van der Waals surface area contributed by atoms with Crippen molar-refractivity contribution in [1.82, 2.24) is 0 Å². The zero-order chi connectivity index (χ0) is 10.7. The minimum Gasteiger partial charge on any atom is -0.496 e. The lowest BCUT2D eigenvalue weighted by atomic mass is 10.3. The molecule has 0 unspecified atom stereocenters. The molecule has 0 aromatic heterocycles. The highest BCUT2D eigenvalue weighted by atomic mass is 79.9. The maximum atomic E-state index is 8.35. The predicted molar refractivity (Wildman–Crippen MR) is 62.2 cm³/mol. The highest BCUT2D eigenvalue weighted by Crippen LogP contribution is 2.44. The van der Waals surface area contributed by atoms with Gasteiger partial charge in [0.15, 0.2) is 0 Å². The Morgan fingerprint density at radius 3 is 2.71 bits per heavy atom. The van der Waals surface area contributed by atoms with Gasteiger partial charge >= 0.3 is 0 Å². The van der Waals surface area contributed by atoms with Gasteiger partial charge in [0.25, 0.3) is 0 Å². The largest absolute Gasteiger partial charge is 0.496 e. The average Bonchev–Trinajstić information content (AvgIpc) is 2.19. The fraction of sp³-hybridized carbons (Fsp3) is 0.143. The van der Waals surface area contributed by atoms with E-state index in [1.54, 1.807) is 6.07 Å². The van der Waals surface area contributed by atoms with Gasteiger partial charge in [-0.1, -0.05) is 16.7 Å². The highest BCUT2D eigenvalue weighted by molar-refractivity contribution is 9.11. The molecular weight excluding hydrogens is 337 g/mol. The predicted octanol–water partition coefficient (Wildman–Crippen LogP) is 4.82. The van der Waals surface area contributed by atoms with Crippen LogP contribution in [0.5, 0.6) is 5.75 Å². The maximum Gasteiger partial charge on any atom is 0.130 e. The Labute approximate surface area is 102 Å². The van der Waals surface area contributed by atoms with Crippen molar-refractivity contribution in [1.29, 1.82) is 0 Å². The molecule has 14 heavy (non-hydrogen) atoms. The summed E-state index contributed by atoms with van der Waals surface area (Å²) in [6.45, 7) is 0. The molecule has 0 heterocycles. The number of azide groups is 1. The summed E-state index contributed by atoms with van der Waals surface area (Å²) in [5, 5.41) is 3.92. The van der Waals surface area contributed by atoms with Gasteiger partial charge in [-0.2, -0.15) is 0 Å². The van der Waals surface area contributed by atoms with Crippen molar-refractivity contribution in [2.45, 2.75) is 0 Å². The topological polar surface area (TPSA) is 58.0 Å². The lowest BCUT2D eigenvalue weighted by Gasteiger charge is -2.08. The van der Waals surface area contributed by atoms with Crippen LogP contribution in [0.1, 0.15) is 0 Å². The van der Waals surface area contributed by atoms with Crippen LogP contribution in [0, 0.1) is 0 Å². The first-order valence-electron chi connectivity index (χ1n) is 3.38. The van der Waals surface area contributed by atoms with Gasteiger partial charge in [-0.05, 0) is 43.5 Å². The molecule has 0 atom stereocenters. The summed E-state index contributed by atoms with van der Waals surface area (Å²) in [5.41, 5.74) is 8.69. The van der Waals surface area contributed by atoms with Gasteiger partial charge in [0.2, 0.25) is 0 Å². The number of methoxy groups -OCH3 is 1. The Morgan fingerprint density at radius 1 is 1.57 bits per heavy atom. The summed E-state index contributed by atoms with van der Waals surface area (Å²) in [6, 6.07) is 1.64. The summed E-state index contributed by atoms with van der Waals surface area (Å²) >= 11 is 12.4. The molecule has 7 heteroatoms. The molecule has 0 aliphatic heterocycles. The minimum atomic E-state index is 0.336. The Balaban J connectivity index is 3.52. The summed E-state index contributed by atoms with van der Waals surface area (Å²) in [7, 11) is 1.48. The molecule has 0 spiro atoms. The number of hydrogen-bond acceptors (Lipinski definition) is 2. The van der Waals surface area contributed by atoms with Gasteiger partial charge in [-0.15, -0.1) is 0 Å². The number of halogens is 3. The van der Waals surface area contributed by atoms with Crippen LogP contribution >= 0.6 is 43.5 Å². The molecule has 0 aliphatic carbocycles. The molecule has 74 valence electrons. The van der Waals surface area contributed by atoms with E-state index in [0.717, 1.165) is 0 Å². The quantitative estimate of drug-likeness (QED) is 0.329. The van der Waals surface area contributed by atoms with Crippen molar-refractivity contribution in [3.05, 3.63) is 30.5 Å². The van der Waals surface area contributed by atoms with E-state index >= 15 is 0 Å². The number of benzene rings is 1. The second kappa shape index (κ2) is 4.89. The normalized spacial score (nSPS) is 9.43. The Morgan fingerprint density at radius 2 is 2.21 bits per heavy atom. The van der Waals surface area contributed by atoms with Crippen LogP contribution < -0.4 is 4.74 Å². The van der Waals surface area contributed by atoms with Crippen LogP contribution in [0.2, 0.25) is 5.02 Å². The lowest BCUT2D eigenvalue weighted by molar-refractivity contribution is 0.415. The van der Waals surface area contributed by atoms with E-state index in [2.05, 4.69) is 41.9 Å². The first-order chi connectivity index (χ1) is 6.61. The monoisotopic (exact) mass is 339 g/mol. The maximum absolute atomic E-state index is 8.35. The van der Waals surface area contributed by atoms with E-state index in [4.69, 9.17) is 21.9 Å². The Bertz CT molecular complexity index is 418. The summed E-state index contributed by atoms with van der Waals surface area (Å²) in [6.07, 6.45) is 0. The molecule has 0 bridgehead atoms. The van der Waals surface area contributed by atoms with Gasteiger partial charge in [0, 0.05) is 9.38 Å². The van der Waals surface area contributed by atoms with Crippen molar-refractivity contribution >= 4 is 49.1 Å². The van der Waals surface area contributed by atoms with Crippen LogP contribution in [0.25, 0.3) is 10.4 Å². The Kier molecular flexibility index (Phi) is 4.07. The van der Waals surface area contributed by atoms with E-state index in [0.29, 0.717) is 25.4 Å². The SMILES string of the molecule is COc1cc(Br)c(Cl)c(Br)c1N=[N+]=[N-]. The van der Waals surface area contributed by atoms with Crippen LogP contribution in [-0.2, 0) is 0 Å². The van der Waals surface area contributed by atoms with E-state index < -0.39 is 0 Å². The molecule has 4 nitrogen and oxygen atoms in total. The molecule has 1 rings (SSSR count). The minimum absolute atomic E-state index is 0.336. The standard InChI is InChI=1S/C7H4Br2ClN3O/c1-14-4-2-3(8)6(10)5(9)7(4)12-13-11/h2H,1H3. The van der Waals surface area contributed by atoms with Crippen molar-refractivity contribution in [2.24, 2.45) is 5.11 Å². The number of nitrogens with zero attached hydrogens (tertiary/aromatic N) is 3. The molecule has 0 radical (unpaired) electrons. The van der Waals surface area contributed by atoms with Crippen LogP contribution in [0.3, 0.4) is 0 Å². The summed E-state index contributed by atoms with van der Waals surface area (Å²) in [4.78, 5) is 2.69. The summed E-state index contributed by atoms with van der Waals surface area (Å²) in [5.74, 6) is 0.450. The second-order valence-electron chi connectivity index (χ2n) is 2.23. The molecule has 0 N–H and O–H groups in total. The number of ether oxygens (including phenoxy) is 1.